The number of hydrogen-bond acceptors (Lipinski definition) is 3. The Kier molecular flexibility index (Phi) is 5.06. The SMILES string of the molecule is CC1(C)CC(O)[C@]2(C(=O)O)CC[C@]3(C)C(=CC[C@@H]4[C@@]5(C)CCC(O)C(C)(C)C5=CC[C@]43C)[C@H]2C1. The zero-order valence-corrected chi connectivity index (χ0v) is 22.4. The van der Waals surface area contributed by atoms with E-state index in [0.29, 0.717) is 18.8 Å². The molecule has 4 nitrogen and oxygen atoms in total. The van der Waals surface area contributed by atoms with Crippen LogP contribution in [0.15, 0.2) is 23.3 Å². The van der Waals surface area contributed by atoms with Gasteiger partial charge in [-0.3, -0.25) is 4.79 Å². The standard InChI is InChI=1S/C30H46O4/c1-25(2)16-19-18-8-9-21-27(5)12-11-22(31)26(3,4)20(27)10-13-29(21,7)28(18,6)14-15-30(19,24(33)34)23(32)17-25/h8,10,19,21-23,31-32H,9,11-17H2,1-7H3,(H,33,34)/t19-,21-,22?,23?,27+,28-,29-,30+/m1/s1. The Labute approximate surface area is 205 Å². The fraction of sp³-hybridized carbons (Fsp3) is 0.833. The summed E-state index contributed by atoms with van der Waals surface area (Å²) >= 11 is 0. The first-order valence-corrected chi connectivity index (χ1v) is 13.6. The van der Waals surface area contributed by atoms with Crippen molar-refractivity contribution in [1.82, 2.24) is 0 Å². The number of aliphatic hydroxyl groups is 2. The number of rotatable bonds is 1. The van der Waals surface area contributed by atoms with Crippen LogP contribution in [-0.4, -0.2) is 33.5 Å². The minimum Gasteiger partial charge on any atom is -0.481 e. The molecule has 0 aromatic carbocycles. The van der Waals surface area contributed by atoms with E-state index in [1.54, 1.807) is 0 Å². The molecule has 2 unspecified atom stereocenters. The average Bonchev–Trinajstić information content (AvgIpc) is 2.70. The lowest BCUT2D eigenvalue weighted by atomic mass is 9.35. The lowest BCUT2D eigenvalue weighted by molar-refractivity contribution is -0.186. The molecular formula is C30H46O4. The summed E-state index contributed by atoms with van der Waals surface area (Å²) in [5, 5.41) is 32.6. The van der Waals surface area contributed by atoms with Gasteiger partial charge in [0, 0.05) is 5.41 Å². The molecule has 0 aromatic heterocycles. The van der Waals surface area contributed by atoms with Crippen LogP contribution < -0.4 is 0 Å². The maximum Gasteiger partial charge on any atom is 0.312 e. The summed E-state index contributed by atoms with van der Waals surface area (Å²) in [6.07, 6.45) is 10.3. The topological polar surface area (TPSA) is 77.8 Å². The van der Waals surface area contributed by atoms with Gasteiger partial charge in [0.05, 0.1) is 12.2 Å². The van der Waals surface area contributed by atoms with E-state index in [-0.39, 0.29) is 39.1 Å². The Hall–Kier alpha value is -1.13. The Bertz CT molecular complexity index is 974. The second-order valence-electron chi connectivity index (χ2n) is 14.7. The summed E-state index contributed by atoms with van der Waals surface area (Å²) in [5.41, 5.74) is 1.42. The highest BCUT2D eigenvalue weighted by Gasteiger charge is 2.69. The van der Waals surface area contributed by atoms with E-state index in [2.05, 4.69) is 60.6 Å². The van der Waals surface area contributed by atoms with Crippen LogP contribution >= 0.6 is 0 Å². The van der Waals surface area contributed by atoms with E-state index < -0.39 is 17.5 Å². The maximum absolute atomic E-state index is 12.8. The number of carboxylic acids is 1. The smallest absolute Gasteiger partial charge is 0.312 e. The van der Waals surface area contributed by atoms with Crippen LogP contribution in [0.25, 0.3) is 0 Å². The molecule has 8 atom stereocenters. The summed E-state index contributed by atoms with van der Waals surface area (Å²) in [7, 11) is 0. The van der Waals surface area contributed by atoms with Gasteiger partial charge in [0.15, 0.2) is 0 Å². The van der Waals surface area contributed by atoms with Gasteiger partial charge in [-0.05, 0) is 84.9 Å². The monoisotopic (exact) mass is 470 g/mol. The van der Waals surface area contributed by atoms with Crippen molar-refractivity contribution in [2.75, 3.05) is 0 Å². The molecule has 5 aliphatic carbocycles. The second kappa shape index (κ2) is 7.00. The zero-order chi connectivity index (χ0) is 25.1. The van der Waals surface area contributed by atoms with Gasteiger partial charge >= 0.3 is 5.97 Å². The molecule has 34 heavy (non-hydrogen) atoms. The fourth-order valence-electron chi connectivity index (χ4n) is 10.1. The minimum atomic E-state index is -1.05. The molecule has 4 heteroatoms. The number of fused-ring (bicyclic) bond motifs is 7. The highest BCUT2D eigenvalue weighted by molar-refractivity contribution is 5.77. The molecule has 0 spiro atoms. The van der Waals surface area contributed by atoms with E-state index in [0.717, 1.165) is 38.5 Å². The largest absolute Gasteiger partial charge is 0.481 e. The number of aliphatic carboxylic acids is 1. The van der Waals surface area contributed by atoms with Gasteiger partial charge in [-0.2, -0.15) is 0 Å². The molecule has 190 valence electrons. The minimum absolute atomic E-state index is 0.0327. The lowest BCUT2D eigenvalue weighted by Gasteiger charge is -2.69. The summed E-state index contributed by atoms with van der Waals surface area (Å²) in [4.78, 5) is 12.8. The normalized spacial score (nSPS) is 51.1. The molecule has 0 radical (unpaired) electrons. The summed E-state index contributed by atoms with van der Waals surface area (Å²) in [6.45, 7) is 16.1. The average molecular weight is 471 g/mol. The summed E-state index contributed by atoms with van der Waals surface area (Å²) < 4.78 is 0. The van der Waals surface area contributed by atoms with Gasteiger partial charge < -0.3 is 15.3 Å². The van der Waals surface area contributed by atoms with E-state index in [1.807, 2.05) is 0 Å². The van der Waals surface area contributed by atoms with Crippen molar-refractivity contribution in [1.29, 1.82) is 0 Å². The fourth-order valence-corrected chi connectivity index (χ4v) is 10.1. The highest BCUT2D eigenvalue weighted by Crippen LogP contribution is 2.74. The van der Waals surface area contributed by atoms with Crippen LogP contribution in [0.5, 0.6) is 0 Å². The molecule has 5 rings (SSSR count). The van der Waals surface area contributed by atoms with Crippen molar-refractivity contribution >= 4 is 5.97 Å². The molecule has 0 heterocycles. The second-order valence-corrected chi connectivity index (χ2v) is 14.7. The van der Waals surface area contributed by atoms with Crippen LogP contribution in [0, 0.1) is 44.3 Å². The first-order valence-electron chi connectivity index (χ1n) is 13.6. The van der Waals surface area contributed by atoms with Crippen molar-refractivity contribution in [3.05, 3.63) is 23.3 Å². The van der Waals surface area contributed by atoms with Crippen molar-refractivity contribution in [2.45, 2.75) is 112 Å². The quantitative estimate of drug-likeness (QED) is 0.403. The highest BCUT2D eigenvalue weighted by atomic mass is 16.4. The molecule has 3 N–H and O–H groups in total. The lowest BCUT2D eigenvalue weighted by Crippen LogP contribution is -2.64. The molecule has 5 aliphatic rings. The molecule has 3 saturated carbocycles. The number of hydrogen-bond donors (Lipinski definition) is 3. The Morgan fingerprint density at radius 2 is 1.59 bits per heavy atom. The predicted octanol–water partition coefficient (Wildman–Crippen LogP) is 6.12. The summed E-state index contributed by atoms with van der Waals surface area (Å²) in [6, 6.07) is 0. The number of carbonyl (C=O) groups is 1. The van der Waals surface area contributed by atoms with Crippen LogP contribution in [-0.2, 0) is 4.79 Å². The third-order valence-corrected chi connectivity index (χ3v) is 12.4. The van der Waals surface area contributed by atoms with E-state index in [4.69, 9.17) is 0 Å². The van der Waals surface area contributed by atoms with E-state index in [1.165, 1.54) is 11.1 Å². The van der Waals surface area contributed by atoms with Gasteiger partial charge in [0.1, 0.15) is 5.41 Å². The third-order valence-electron chi connectivity index (χ3n) is 12.4. The molecule has 0 saturated heterocycles. The van der Waals surface area contributed by atoms with Crippen LogP contribution in [0.2, 0.25) is 0 Å². The van der Waals surface area contributed by atoms with Crippen LogP contribution in [0.3, 0.4) is 0 Å². The van der Waals surface area contributed by atoms with Crippen LogP contribution in [0.1, 0.15) is 99.8 Å². The number of carboxylic acid groups (broad SMARTS) is 1. The Balaban J connectivity index is 1.63. The van der Waals surface area contributed by atoms with E-state index in [9.17, 15) is 20.1 Å². The van der Waals surface area contributed by atoms with Gasteiger partial charge in [0.2, 0.25) is 0 Å². The van der Waals surface area contributed by atoms with Gasteiger partial charge in [-0.25, -0.2) is 0 Å². The van der Waals surface area contributed by atoms with E-state index >= 15 is 0 Å². The van der Waals surface area contributed by atoms with Gasteiger partial charge in [0.25, 0.3) is 0 Å². The molecule has 0 bridgehead atoms. The van der Waals surface area contributed by atoms with Crippen molar-refractivity contribution in [3.8, 4) is 0 Å². The van der Waals surface area contributed by atoms with Crippen molar-refractivity contribution < 1.29 is 20.1 Å². The predicted molar refractivity (Wildman–Crippen MR) is 134 cm³/mol. The first-order chi connectivity index (χ1) is 15.6. The first kappa shape index (κ1) is 24.6. The Morgan fingerprint density at radius 3 is 2.24 bits per heavy atom. The molecule has 0 aromatic rings. The summed E-state index contributed by atoms with van der Waals surface area (Å²) in [5.74, 6) is -0.445. The molecule has 0 amide bonds. The maximum atomic E-state index is 12.8. The zero-order valence-electron chi connectivity index (χ0n) is 22.4. The Morgan fingerprint density at radius 1 is 0.912 bits per heavy atom. The van der Waals surface area contributed by atoms with Crippen LogP contribution in [0.4, 0.5) is 0 Å². The number of allylic oxidation sites excluding steroid dienone is 3. The van der Waals surface area contributed by atoms with Gasteiger partial charge in [-0.15, -0.1) is 0 Å². The van der Waals surface area contributed by atoms with Gasteiger partial charge in [-0.1, -0.05) is 71.8 Å². The third kappa shape index (κ3) is 2.76. The number of aliphatic hydroxyl groups excluding tert-OH is 2. The molecule has 0 aliphatic heterocycles. The molecular weight excluding hydrogens is 424 g/mol. The van der Waals surface area contributed by atoms with Crippen molar-refractivity contribution in [2.24, 2.45) is 44.3 Å². The molecule has 3 fully saturated rings. The van der Waals surface area contributed by atoms with Crippen molar-refractivity contribution in [3.63, 3.8) is 0 Å².